The van der Waals surface area contributed by atoms with Crippen molar-refractivity contribution in [1.29, 1.82) is 0 Å². The molecule has 0 heteroatoms. The maximum atomic E-state index is 2.39. The third kappa shape index (κ3) is 1.32. The molecule has 0 N–H and O–H groups in total. The third-order valence-corrected chi connectivity index (χ3v) is 4.23. The lowest BCUT2D eigenvalue weighted by Crippen LogP contribution is -2.32. The summed E-state index contributed by atoms with van der Waals surface area (Å²) in [5, 5.41) is 0. The molecule has 1 aliphatic rings. The summed E-state index contributed by atoms with van der Waals surface area (Å²) in [6.45, 7) is 14.1. The molecular weight excluding hydrogens is 144 g/mol. The van der Waals surface area contributed by atoms with Crippen molar-refractivity contribution >= 4 is 0 Å². The second-order valence-corrected chi connectivity index (χ2v) is 5.10. The van der Waals surface area contributed by atoms with Gasteiger partial charge in [-0.1, -0.05) is 38.8 Å². The first-order chi connectivity index (χ1) is 5.37. The molecule has 0 amide bonds. The van der Waals surface area contributed by atoms with E-state index in [2.05, 4.69) is 41.5 Å². The minimum absolute atomic E-state index is 0.418. The standard InChI is InChI=1S/C12H22/c1-8-7-9(2)11(4)12(5,6)10(8)3/h8,10H,7H2,1-6H3. The van der Waals surface area contributed by atoms with Crippen molar-refractivity contribution in [2.24, 2.45) is 17.3 Å². The Morgan fingerprint density at radius 2 is 1.67 bits per heavy atom. The van der Waals surface area contributed by atoms with E-state index in [4.69, 9.17) is 0 Å². The predicted molar refractivity (Wildman–Crippen MR) is 55.1 cm³/mol. The van der Waals surface area contributed by atoms with Crippen molar-refractivity contribution in [3.63, 3.8) is 0 Å². The number of hydrogen-bond donors (Lipinski definition) is 0. The van der Waals surface area contributed by atoms with Crippen LogP contribution in [-0.4, -0.2) is 0 Å². The fourth-order valence-corrected chi connectivity index (χ4v) is 2.42. The highest BCUT2D eigenvalue weighted by Gasteiger charge is 2.35. The molecule has 12 heavy (non-hydrogen) atoms. The second kappa shape index (κ2) is 2.90. The molecule has 70 valence electrons. The molecule has 1 rings (SSSR count). The van der Waals surface area contributed by atoms with E-state index in [0.29, 0.717) is 5.41 Å². The lowest BCUT2D eigenvalue weighted by molar-refractivity contribution is 0.184. The smallest absolute Gasteiger partial charge is 0.0117 e. The molecule has 0 saturated carbocycles. The van der Waals surface area contributed by atoms with Crippen LogP contribution in [0.2, 0.25) is 0 Å². The normalized spacial score (nSPS) is 35.5. The topological polar surface area (TPSA) is 0 Å². The molecule has 0 fully saturated rings. The van der Waals surface area contributed by atoms with Gasteiger partial charge in [-0.3, -0.25) is 0 Å². The van der Waals surface area contributed by atoms with Crippen LogP contribution >= 0.6 is 0 Å². The average Bonchev–Trinajstić information content (AvgIpc) is 1.99. The highest BCUT2D eigenvalue weighted by molar-refractivity contribution is 5.22. The maximum Gasteiger partial charge on any atom is -0.0117 e. The largest absolute Gasteiger partial charge is 0.0736 e. The molecule has 2 unspecified atom stereocenters. The summed E-state index contributed by atoms with van der Waals surface area (Å²) in [6.07, 6.45) is 1.30. The Labute approximate surface area is 77.1 Å². The van der Waals surface area contributed by atoms with Gasteiger partial charge in [0.25, 0.3) is 0 Å². The molecule has 0 nitrogen and oxygen atoms in total. The highest BCUT2D eigenvalue weighted by atomic mass is 14.4. The van der Waals surface area contributed by atoms with Gasteiger partial charge in [-0.05, 0) is 37.5 Å². The lowest BCUT2D eigenvalue weighted by atomic mass is 9.63. The van der Waals surface area contributed by atoms with Crippen LogP contribution in [0.5, 0.6) is 0 Å². The molecule has 0 aromatic rings. The van der Waals surface area contributed by atoms with Gasteiger partial charge in [0.05, 0.1) is 0 Å². The van der Waals surface area contributed by atoms with Crippen molar-refractivity contribution in [3.05, 3.63) is 11.1 Å². The second-order valence-electron chi connectivity index (χ2n) is 5.10. The predicted octanol–water partition coefficient (Wildman–Crippen LogP) is 4.02. The van der Waals surface area contributed by atoms with E-state index in [1.165, 1.54) is 6.42 Å². The van der Waals surface area contributed by atoms with E-state index in [9.17, 15) is 0 Å². The highest BCUT2D eigenvalue weighted by Crippen LogP contribution is 2.46. The van der Waals surface area contributed by atoms with Gasteiger partial charge in [0.15, 0.2) is 0 Å². The van der Waals surface area contributed by atoms with Crippen molar-refractivity contribution in [2.75, 3.05) is 0 Å². The first-order valence-corrected chi connectivity index (χ1v) is 5.04. The molecule has 0 spiro atoms. The lowest BCUT2D eigenvalue weighted by Gasteiger charge is -2.42. The zero-order valence-corrected chi connectivity index (χ0v) is 9.36. The average molecular weight is 166 g/mol. The van der Waals surface area contributed by atoms with E-state index in [1.54, 1.807) is 11.1 Å². The maximum absolute atomic E-state index is 2.39. The van der Waals surface area contributed by atoms with Gasteiger partial charge >= 0.3 is 0 Å². The first-order valence-electron chi connectivity index (χ1n) is 5.04. The Hall–Kier alpha value is -0.260. The third-order valence-electron chi connectivity index (χ3n) is 4.23. The summed E-state index contributed by atoms with van der Waals surface area (Å²) in [5.41, 5.74) is 3.65. The zero-order valence-electron chi connectivity index (χ0n) is 9.36. The fourth-order valence-electron chi connectivity index (χ4n) is 2.42. The van der Waals surface area contributed by atoms with Gasteiger partial charge in [-0.15, -0.1) is 0 Å². The van der Waals surface area contributed by atoms with Gasteiger partial charge in [0.1, 0.15) is 0 Å². The Balaban J connectivity index is 3.05. The summed E-state index contributed by atoms with van der Waals surface area (Å²) < 4.78 is 0. The molecule has 0 aromatic heterocycles. The van der Waals surface area contributed by atoms with Crippen LogP contribution < -0.4 is 0 Å². The summed E-state index contributed by atoms with van der Waals surface area (Å²) in [6, 6.07) is 0. The molecule has 0 aromatic carbocycles. The van der Waals surface area contributed by atoms with Crippen molar-refractivity contribution in [3.8, 4) is 0 Å². The Kier molecular flexibility index (Phi) is 2.38. The van der Waals surface area contributed by atoms with Crippen LogP contribution in [-0.2, 0) is 0 Å². The summed E-state index contributed by atoms with van der Waals surface area (Å²) in [7, 11) is 0. The molecule has 0 heterocycles. The van der Waals surface area contributed by atoms with E-state index < -0.39 is 0 Å². The molecule has 1 aliphatic carbocycles. The molecular formula is C12H22. The van der Waals surface area contributed by atoms with Crippen LogP contribution in [0.25, 0.3) is 0 Å². The SMILES string of the molecule is CC1=C(C)C(C)(C)C(C)C(C)C1. The van der Waals surface area contributed by atoms with E-state index in [-0.39, 0.29) is 0 Å². The van der Waals surface area contributed by atoms with E-state index in [0.717, 1.165) is 11.8 Å². The summed E-state index contributed by atoms with van der Waals surface area (Å²) >= 11 is 0. The Morgan fingerprint density at radius 1 is 1.17 bits per heavy atom. The van der Waals surface area contributed by atoms with Crippen LogP contribution in [0, 0.1) is 17.3 Å². The molecule has 0 bridgehead atoms. The van der Waals surface area contributed by atoms with Gasteiger partial charge in [0.2, 0.25) is 0 Å². The van der Waals surface area contributed by atoms with E-state index in [1.807, 2.05) is 0 Å². The Bertz CT molecular complexity index is 208. The summed E-state index contributed by atoms with van der Waals surface area (Å²) in [5.74, 6) is 1.67. The molecule has 0 aliphatic heterocycles. The van der Waals surface area contributed by atoms with Crippen LogP contribution in [0.1, 0.15) is 48.0 Å². The van der Waals surface area contributed by atoms with Crippen LogP contribution in [0.15, 0.2) is 11.1 Å². The van der Waals surface area contributed by atoms with Crippen molar-refractivity contribution in [2.45, 2.75) is 48.0 Å². The van der Waals surface area contributed by atoms with Gasteiger partial charge in [0, 0.05) is 0 Å². The minimum atomic E-state index is 0.418. The zero-order chi connectivity index (χ0) is 9.52. The monoisotopic (exact) mass is 166 g/mol. The number of hydrogen-bond acceptors (Lipinski definition) is 0. The van der Waals surface area contributed by atoms with Crippen molar-refractivity contribution < 1.29 is 0 Å². The number of allylic oxidation sites excluding steroid dienone is 2. The fraction of sp³-hybridized carbons (Fsp3) is 0.833. The Morgan fingerprint density at radius 3 is 2.17 bits per heavy atom. The van der Waals surface area contributed by atoms with Gasteiger partial charge in [-0.2, -0.15) is 0 Å². The minimum Gasteiger partial charge on any atom is -0.0736 e. The van der Waals surface area contributed by atoms with Crippen molar-refractivity contribution in [1.82, 2.24) is 0 Å². The van der Waals surface area contributed by atoms with Gasteiger partial charge in [-0.25, -0.2) is 0 Å². The molecule has 0 radical (unpaired) electrons. The first kappa shape index (κ1) is 9.83. The summed E-state index contributed by atoms with van der Waals surface area (Å²) in [4.78, 5) is 0. The van der Waals surface area contributed by atoms with Crippen LogP contribution in [0.3, 0.4) is 0 Å². The number of rotatable bonds is 0. The van der Waals surface area contributed by atoms with E-state index >= 15 is 0 Å². The molecule has 2 atom stereocenters. The van der Waals surface area contributed by atoms with Crippen LogP contribution in [0.4, 0.5) is 0 Å². The molecule has 0 saturated heterocycles. The van der Waals surface area contributed by atoms with Gasteiger partial charge < -0.3 is 0 Å². The quantitative estimate of drug-likeness (QED) is 0.477.